The average molecular weight is 582 g/mol. The molecule has 0 bridgehead atoms. The van der Waals surface area contributed by atoms with Crippen LogP contribution < -0.4 is 26.9 Å². The van der Waals surface area contributed by atoms with Gasteiger partial charge in [0.25, 0.3) is 13.9 Å². The van der Waals surface area contributed by atoms with Crippen LogP contribution in [0.1, 0.15) is 39.5 Å². The lowest BCUT2D eigenvalue weighted by Gasteiger charge is -2.43. The lowest BCUT2D eigenvalue weighted by Crippen LogP contribution is -2.67. The standard InChI is InChI=1S/C30H39N3O7Si/c1-19-17-33(29(37)32-26(19)35)28-25(39-20(2)27(36)31-6)24(34)23(40-28)18-38-41(30(3,4)5,21-13-9-7-10-14-21)22-15-11-8-12-16-22/h7-17,20,23-25,28,34H,18H2,1-6H3,(H,31,36)(H,32,35,37)/t20-,23-,24?,25+,28-/m1/s1. The number of amides is 1. The zero-order chi connectivity index (χ0) is 29.9. The number of aryl methyl sites for hydroxylation is 1. The molecule has 3 N–H and O–H groups in total. The second-order valence-electron chi connectivity index (χ2n) is 11.4. The van der Waals surface area contributed by atoms with Gasteiger partial charge in [-0.1, -0.05) is 81.4 Å². The lowest BCUT2D eigenvalue weighted by atomic mass is 10.1. The van der Waals surface area contributed by atoms with E-state index in [1.54, 1.807) is 13.8 Å². The van der Waals surface area contributed by atoms with Gasteiger partial charge in [-0.15, -0.1) is 0 Å². The molecule has 1 aliphatic heterocycles. The van der Waals surface area contributed by atoms with Crippen LogP contribution in [0.5, 0.6) is 0 Å². The Morgan fingerprint density at radius 2 is 1.66 bits per heavy atom. The van der Waals surface area contributed by atoms with Gasteiger partial charge in [0.2, 0.25) is 5.91 Å². The van der Waals surface area contributed by atoms with Gasteiger partial charge in [-0.3, -0.25) is 19.1 Å². The topological polar surface area (TPSA) is 132 Å². The molecule has 0 spiro atoms. The molecule has 1 saturated heterocycles. The van der Waals surface area contributed by atoms with Gasteiger partial charge in [-0.05, 0) is 29.3 Å². The van der Waals surface area contributed by atoms with Crippen LogP contribution in [-0.2, 0) is 18.7 Å². The van der Waals surface area contributed by atoms with Crippen molar-refractivity contribution in [3.63, 3.8) is 0 Å². The van der Waals surface area contributed by atoms with Gasteiger partial charge < -0.3 is 24.3 Å². The SMILES string of the molecule is CNC(=O)[C@@H](C)O[C@H]1C(O)[C@@H](CO[Si](c2ccccc2)(c2ccccc2)C(C)(C)C)O[C@H]1n1cc(C)c(=O)[nH]c1=O. The third-order valence-corrected chi connectivity index (χ3v) is 12.6. The van der Waals surface area contributed by atoms with Crippen LogP contribution in [0.2, 0.25) is 5.04 Å². The van der Waals surface area contributed by atoms with Crippen molar-refractivity contribution in [1.29, 1.82) is 0 Å². The number of nitrogens with one attached hydrogen (secondary N) is 2. The van der Waals surface area contributed by atoms with Gasteiger partial charge in [0.05, 0.1) is 6.61 Å². The summed E-state index contributed by atoms with van der Waals surface area (Å²) >= 11 is 0. The van der Waals surface area contributed by atoms with Crippen molar-refractivity contribution in [2.45, 2.75) is 70.3 Å². The van der Waals surface area contributed by atoms with E-state index in [0.717, 1.165) is 10.4 Å². The third kappa shape index (κ3) is 6.00. The van der Waals surface area contributed by atoms with E-state index in [0.29, 0.717) is 0 Å². The molecular formula is C30H39N3O7Si. The third-order valence-electron chi connectivity index (χ3n) is 7.59. The van der Waals surface area contributed by atoms with Crippen molar-refractivity contribution in [3.05, 3.63) is 93.3 Å². The number of H-pyrrole nitrogens is 1. The van der Waals surface area contributed by atoms with Crippen LogP contribution in [0.4, 0.5) is 0 Å². The fourth-order valence-electron chi connectivity index (χ4n) is 5.47. The van der Waals surface area contributed by atoms with Crippen molar-refractivity contribution in [2.75, 3.05) is 13.7 Å². The molecule has 4 rings (SSSR count). The molecule has 11 heteroatoms. The first-order valence-corrected chi connectivity index (χ1v) is 15.6. The van der Waals surface area contributed by atoms with Crippen molar-refractivity contribution < 1.29 is 23.8 Å². The molecule has 1 unspecified atom stereocenters. The maximum atomic E-state index is 12.8. The zero-order valence-electron chi connectivity index (χ0n) is 24.3. The number of rotatable bonds is 9. The van der Waals surface area contributed by atoms with Crippen LogP contribution >= 0.6 is 0 Å². The number of aliphatic hydroxyl groups is 1. The molecule has 0 saturated carbocycles. The van der Waals surface area contributed by atoms with E-state index < -0.39 is 56.1 Å². The Hall–Kier alpha value is -3.35. The number of aromatic amines is 1. The van der Waals surface area contributed by atoms with Crippen molar-refractivity contribution >= 4 is 24.6 Å². The first kappa shape index (κ1) is 30.6. The van der Waals surface area contributed by atoms with E-state index >= 15 is 0 Å². The number of hydrogen-bond acceptors (Lipinski definition) is 7. The molecule has 1 aromatic heterocycles. The number of likely N-dealkylation sites (N-methyl/N-ethyl adjacent to an activating group) is 1. The zero-order valence-corrected chi connectivity index (χ0v) is 25.3. The van der Waals surface area contributed by atoms with Gasteiger partial charge in [-0.25, -0.2) is 4.79 Å². The van der Waals surface area contributed by atoms with Gasteiger partial charge >= 0.3 is 5.69 Å². The Kier molecular flexibility index (Phi) is 9.15. The van der Waals surface area contributed by atoms with E-state index in [4.69, 9.17) is 13.9 Å². The van der Waals surface area contributed by atoms with E-state index in [1.807, 2.05) is 36.4 Å². The highest BCUT2D eigenvalue weighted by molar-refractivity contribution is 6.99. The second kappa shape index (κ2) is 12.3. The van der Waals surface area contributed by atoms with Gasteiger partial charge in [-0.2, -0.15) is 0 Å². The van der Waals surface area contributed by atoms with Crippen molar-refractivity contribution in [1.82, 2.24) is 14.9 Å². The summed E-state index contributed by atoms with van der Waals surface area (Å²) in [4.78, 5) is 39.4. The first-order valence-electron chi connectivity index (χ1n) is 13.7. The number of aromatic nitrogens is 2. The molecule has 1 amide bonds. The molecular weight excluding hydrogens is 542 g/mol. The maximum absolute atomic E-state index is 12.8. The number of aliphatic hydroxyl groups excluding tert-OH is 1. The van der Waals surface area contributed by atoms with Crippen LogP contribution in [0.3, 0.4) is 0 Å². The van der Waals surface area contributed by atoms with E-state index in [2.05, 4.69) is 55.3 Å². The molecule has 2 heterocycles. The van der Waals surface area contributed by atoms with Crippen LogP contribution in [0.15, 0.2) is 76.4 Å². The molecule has 5 atom stereocenters. The summed E-state index contributed by atoms with van der Waals surface area (Å²) in [6.07, 6.45) is -3.94. The molecule has 41 heavy (non-hydrogen) atoms. The first-order chi connectivity index (χ1) is 19.4. The average Bonchev–Trinajstić information content (AvgIpc) is 3.25. The molecule has 10 nitrogen and oxygen atoms in total. The Morgan fingerprint density at radius 1 is 1.10 bits per heavy atom. The normalized spacial score (nSPS) is 21.9. The lowest BCUT2D eigenvalue weighted by molar-refractivity contribution is -0.144. The number of hydrogen-bond donors (Lipinski definition) is 3. The summed E-state index contributed by atoms with van der Waals surface area (Å²) in [5, 5.41) is 15.9. The fourth-order valence-corrected chi connectivity index (χ4v) is 10.0. The van der Waals surface area contributed by atoms with Crippen LogP contribution in [0, 0.1) is 6.92 Å². The Morgan fingerprint density at radius 3 is 2.17 bits per heavy atom. The predicted molar refractivity (Wildman–Crippen MR) is 158 cm³/mol. The number of carbonyl (C=O) groups excluding carboxylic acids is 1. The summed E-state index contributed by atoms with van der Waals surface area (Å²) < 4.78 is 20.4. The molecule has 3 aromatic rings. The molecule has 1 aliphatic rings. The second-order valence-corrected chi connectivity index (χ2v) is 15.7. The smallest absolute Gasteiger partial charge is 0.330 e. The molecule has 2 aromatic carbocycles. The van der Waals surface area contributed by atoms with Crippen LogP contribution in [-0.4, -0.2) is 67.0 Å². The minimum absolute atomic E-state index is 0.00372. The van der Waals surface area contributed by atoms with Gasteiger partial charge in [0, 0.05) is 18.8 Å². The van der Waals surface area contributed by atoms with Gasteiger partial charge in [0.15, 0.2) is 6.23 Å². The Labute approximate surface area is 240 Å². The summed E-state index contributed by atoms with van der Waals surface area (Å²) in [6.45, 7) is 9.55. The fraction of sp³-hybridized carbons (Fsp3) is 0.433. The number of benzene rings is 2. The number of carbonyl (C=O) groups is 1. The molecule has 1 fully saturated rings. The summed E-state index contributed by atoms with van der Waals surface area (Å²) in [7, 11) is -1.48. The van der Waals surface area contributed by atoms with Crippen molar-refractivity contribution in [3.8, 4) is 0 Å². The number of ether oxygens (including phenoxy) is 2. The Bertz CT molecular complexity index is 1410. The summed E-state index contributed by atoms with van der Waals surface area (Å²) in [5.41, 5.74) is -0.951. The van der Waals surface area contributed by atoms with E-state index in [1.165, 1.54) is 17.8 Å². The largest absolute Gasteiger partial charge is 0.405 e. The summed E-state index contributed by atoms with van der Waals surface area (Å²) in [5.74, 6) is -0.395. The Balaban J connectivity index is 1.74. The highest BCUT2D eigenvalue weighted by Gasteiger charge is 2.53. The number of nitrogens with zero attached hydrogens (tertiary/aromatic N) is 1. The van der Waals surface area contributed by atoms with E-state index in [9.17, 15) is 19.5 Å². The van der Waals surface area contributed by atoms with Gasteiger partial charge in [0.1, 0.15) is 24.4 Å². The molecule has 220 valence electrons. The highest BCUT2D eigenvalue weighted by Crippen LogP contribution is 2.38. The van der Waals surface area contributed by atoms with Crippen molar-refractivity contribution in [2.24, 2.45) is 0 Å². The highest BCUT2D eigenvalue weighted by atomic mass is 28.4. The quantitative estimate of drug-likeness (QED) is 0.324. The minimum Gasteiger partial charge on any atom is -0.405 e. The summed E-state index contributed by atoms with van der Waals surface area (Å²) in [6, 6.07) is 20.1. The molecule has 0 radical (unpaired) electrons. The maximum Gasteiger partial charge on any atom is 0.330 e. The predicted octanol–water partition coefficient (Wildman–Crippen LogP) is 1.20. The minimum atomic E-state index is -2.96. The van der Waals surface area contributed by atoms with E-state index in [-0.39, 0.29) is 17.2 Å². The molecule has 0 aliphatic carbocycles. The van der Waals surface area contributed by atoms with Crippen LogP contribution in [0.25, 0.3) is 0 Å². The monoisotopic (exact) mass is 581 g/mol.